The van der Waals surface area contributed by atoms with E-state index in [9.17, 15) is 14.9 Å². The fraction of sp³-hybridized carbons (Fsp3) is 0.200. The lowest BCUT2D eigenvalue weighted by atomic mass is 10.0. The third kappa shape index (κ3) is 5.09. The minimum absolute atomic E-state index is 0.158. The highest BCUT2D eigenvalue weighted by molar-refractivity contribution is 6.32. The molecule has 1 aliphatic heterocycles. The average molecular weight is 556 g/mol. The highest BCUT2D eigenvalue weighted by Crippen LogP contribution is 2.31. The van der Waals surface area contributed by atoms with Gasteiger partial charge in [0, 0.05) is 11.3 Å². The molecule has 1 aromatic heterocycles. The molecule has 10 heteroatoms. The molecule has 202 valence electrons. The molecule has 3 aromatic carbocycles. The van der Waals surface area contributed by atoms with E-state index in [0.29, 0.717) is 35.2 Å². The van der Waals surface area contributed by atoms with Gasteiger partial charge in [0.25, 0.3) is 11.8 Å². The fourth-order valence-corrected chi connectivity index (χ4v) is 5.01. The second kappa shape index (κ2) is 11.1. The van der Waals surface area contributed by atoms with Crippen molar-refractivity contribution in [3.05, 3.63) is 99.8 Å². The van der Waals surface area contributed by atoms with Crippen LogP contribution in [0.1, 0.15) is 44.5 Å². The first-order chi connectivity index (χ1) is 19.3. The van der Waals surface area contributed by atoms with Crippen molar-refractivity contribution in [2.24, 2.45) is 0 Å². The lowest BCUT2D eigenvalue weighted by molar-refractivity contribution is 0.0948. The van der Waals surface area contributed by atoms with Crippen LogP contribution in [0.5, 0.6) is 11.5 Å². The molecule has 40 heavy (non-hydrogen) atoms. The van der Waals surface area contributed by atoms with E-state index in [1.54, 1.807) is 28.8 Å². The first-order valence-electron chi connectivity index (χ1n) is 12.5. The number of halogens is 1. The number of carbonyl (C=O) groups is 2. The van der Waals surface area contributed by atoms with E-state index in [2.05, 4.69) is 10.4 Å². The monoisotopic (exact) mass is 555 g/mol. The average Bonchev–Trinajstić information content (AvgIpc) is 3.36. The van der Waals surface area contributed by atoms with Crippen LogP contribution >= 0.6 is 11.6 Å². The molecule has 5 rings (SSSR count). The van der Waals surface area contributed by atoms with E-state index in [1.165, 1.54) is 19.4 Å². The number of aromatic nitrogens is 2. The lowest BCUT2D eigenvalue weighted by Crippen LogP contribution is -2.47. The zero-order valence-corrected chi connectivity index (χ0v) is 22.9. The van der Waals surface area contributed by atoms with Crippen molar-refractivity contribution in [3.63, 3.8) is 0 Å². The van der Waals surface area contributed by atoms with Gasteiger partial charge in [0.15, 0.2) is 0 Å². The molecule has 0 spiro atoms. The van der Waals surface area contributed by atoms with E-state index < -0.39 is 5.91 Å². The van der Waals surface area contributed by atoms with E-state index in [0.717, 1.165) is 16.8 Å². The highest BCUT2D eigenvalue weighted by atomic mass is 35.5. The van der Waals surface area contributed by atoms with Gasteiger partial charge < -0.3 is 19.7 Å². The quantitative estimate of drug-likeness (QED) is 0.331. The van der Waals surface area contributed by atoms with Crippen LogP contribution in [0.15, 0.2) is 66.9 Å². The van der Waals surface area contributed by atoms with Crippen LogP contribution in [0.25, 0.3) is 0 Å². The molecular formula is C30H26ClN5O4. The van der Waals surface area contributed by atoms with E-state index >= 15 is 0 Å². The number of benzene rings is 3. The zero-order chi connectivity index (χ0) is 28.4. The van der Waals surface area contributed by atoms with Crippen molar-refractivity contribution in [2.45, 2.75) is 25.9 Å². The van der Waals surface area contributed by atoms with Gasteiger partial charge in [-0.15, -0.1) is 0 Å². The van der Waals surface area contributed by atoms with Gasteiger partial charge in [-0.05, 0) is 66.9 Å². The standard InChI is InChI=1S/C30H26ClN5O4/c1-18-17-35-28(25(16-33-35)34-29(37)21-7-11-26(39-2)22(14-21)15-32)30(38)36(18)23-8-4-19(5-9-23)12-20-6-10-24(31)27(13-20)40-3/h4-11,13-14,16,18H,12,17H2,1-3H3,(H,34,37)/t18-/m0/s1. The van der Waals surface area contributed by atoms with Gasteiger partial charge in [-0.1, -0.05) is 29.8 Å². The molecule has 0 aliphatic carbocycles. The number of ether oxygens (including phenoxy) is 2. The molecule has 0 radical (unpaired) electrons. The van der Waals surface area contributed by atoms with E-state index in [4.69, 9.17) is 21.1 Å². The Labute approximate surface area is 236 Å². The summed E-state index contributed by atoms with van der Waals surface area (Å²) in [4.78, 5) is 28.4. The molecule has 0 fully saturated rings. The second-order valence-corrected chi connectivity index (χ2v) is 9.81. The molecule has 2 heterocycles. The molecule has 1 N–H and O–H groups in total. The van der Waals surface area contributed by atoms with Gasteiger partial charge in [0.2, 0.25) is 0 Å². The number of fused-ring (bicyclic) bond motifs is 1. The van der Waals surface area contributed by atoms with Crippen LogP contribution in [-0.4, -0.2) is 41.9 Å². The predicted octanol–water partition coefficient (Wildman–Crippen LogP) is 5.32. The molecule has 4 aromatic rings. The maximum absolute atomic E-state index is 13.7. The Morgan fingerprint density at radius 1 is 1.07 bits per heavy atom. The Morgan fingerprint density at radius 2 is 1.80 bits per heavy atom. The fourth-order valence-electron chi connectivity index (χ4n) is 4.81. The molecule has 0 unspecified atom stereocenters. The third-order valence-corrected chi connectivity index (χ3v) is 7.12. The van der Waals surface area contributed by atoms with Crippen molar-refractivity contribution in [1.82, 2.24) is 9.78 Å². The summed E-state index contributed by atoms with van der Waals surface area (Å²) in [5, 5.41) is 17.0. The zero-order valence-electron chi connectivity index (χ0n) is 22.1. The first-order valence-corrected chi connectivity index (χ1v) is 12.9. The molecule has 1 atom stereocenters. The summed E-state index contributed by atoms with van der Waals surface area (Å²) in [5.41, 5.74) is 3.96. The summed E-state index contributed by atoms with van der Waals surface area (Å²) in [6.07, 6.45) is 2.15. The minimum Gasteiger partial charge on any atom is -0.495 e. The second-order valence-electron chi connectivity index (χ2n) is 9.41. The van der Waals surface area contributed by atoms with Crippen molar-refractivity contribution < 1.29 is 19.1 Å². The third-order valence-electron chi connectivity index (χ3n) is 6.81. The van der Waals surface area contributed by atoms with Crippen LogP contribution < -0.4 is 19.7 Å². The molecule has 9 nitrogen and oxygen atoms in total. The molecule has 2 amide bonds. The van der Waals surface area contributed by atoms with Crippen LogP contribution in [-0.2, 0) is 13.0 Å². The topological polar surface area (TPSA) is 109 Å². The molecule has 0 saturated carbocycles. The van der Waals surface area contributed by atoms with Crippen molar-refractivity contribution in [3.8, 4) is 17.6 Å². The van der Waals surface area contributed by atoms with Crippen LogP contribution in [0.4, 0.5) is 11.4 Å². The van der Waals surface area contributed by atoms with Gasteiger partial charge in [0.1, 0.15) is 23.3 Å². The Balaban J connectivity index is 1.36. The number of rotatable bonds is 7. The number of hydrogen-bond acceptors (Lipinski definition) is 6. The largest absolute Gasteiger partial charge is 0.495 e. The van der Waals surface area contributed by atoms with Gasteiger partial charge >= 0.3 is 0 Å². The normalized spacial score (nSPS) is 14.3. The molecule has 1 aliphatic rings. The van der Waals surface area contributed by atoms with Gasteiger partial charge in [-0.25, -0.2) is 0 Å². The number of hydrogen-bond donors (Lipinski definition) is 1. The van der Waals surface area contributed by atoms with Crippen molar-refractivity contribution in [1.29, 1.82) is 5.26 Å². The summed E-state index contributed by atoms with van der Waals surface area (Å²) in [6, 6.07) is 19.9. The first kappa shape index (κ1) is 26.8. The van der Waals surface area contributed by atoms with Crippen LogP contribution in [0, 0.1) is 11.3 Å². The summed E-state index contributed by atoms with van der Waals surface area (Å²) in [5.74, 6) is 0.270. The highest BCUT2D eigenvalue weighted by Gasteiger charge is 2.34. The summed E-state index contributed by atoms with van der Waals surface area (Å²) in [6.45, 7) is 2.42. The Bertz CT molecular complexity index is 1640. The maximum atomic E-state index is 13.7. The maximum Gasteiger partial charge on any atom is 0.279 e. The lowest BCUT2D eigenvalue weighted by Gasteiger charge is -2.34. The minimum atomic E-state index is -0.462. The van der Waals surface area contributed by atoms with Crippen LogP contribution in [0.3, 0.4) is 0 Å². The van der Waals surface area contributed by atoms with Gasteiger partial charge in [-0.2, -0.15) is 10.4 Å². The number of carbonyl (C=O) groups excluding carboxylic acids is 2. The number of nitriles is 1. The number of methoxy groups -OCH3 is 2. The van der Waals surface area contributed by atoms with Crippen molar-refractivity contribution in [2.75, 3.05) is 24.4 Å². The number of amides is 2. The summed E-state index contributed by atoms with van der Waals surface area (Å²) >= 11 is 6.15. The van der Waals surface area contributed by atoms with Gasteiger partial charge in [-0.3, -0.25) is 14.3 Å². The SMILES string of the molecule is COc1cc(Cc2ccc(N3C(=O)c4c(NC(=O)c5ccc(OC)c(C#N)c5)cnn4C[C@@H]3C)cc2)ccc1Cl. The molecular weight excluding hydrogens is 530 g/mol. The van der Waals surface area contributed by atoms with Crippen LogP contribution in [0.2, 0.25) is 5.02 Å². The smallest absolute Gasteiger partial charge is 0.279 e. The Morgan fingerprint density at radius 3 is 2.50 bits per heavy atom. The Hall–Kier alpha value is -4.81. The number of anilines is 2. The Kier molecular flexibility index (Phi) is 7.45. The molecule has 0 bridgehead atoms. The predicted molar refractivity (Wildman–Crippen MR) is 151 cm³/mol. The summed E-state index contributed by atoms with van der Waals surface area (Å²) in [7, 11) is 3.04. The molecule has 0 saturated heterocycles. The van der Waals surface area contributed by atoms with E-state index in [-0.39, 0.29) is 28.8 Å². The van der Waals surface area contributed by atoms with Crippen molar-refractivity contribution >= 4 is 34.8 Å². The van der Waals surface area contributed by atoms with Gasteiger partial charge in [0.05, 0.1) is 49.3 Å². The number of nitrogens with zero attached hydrogens (tertiary/aromatic N) is 4. The number of nitrogens with one attached hydrogen (secondary N) is 1. The summed E-state index contributed by atoms with van der Waals surface area (Å²) < 4.78 is 12.1. The van der Waals surface area contributed by atoms with E-state index in [1.807, 2.05) is 55.5 Å².